The standard InChI is InChI=1S/C62H120O6/c1-5-7-9-11-13-15-17-18-19-20-21-26-29-32-35-39-43-47-51-55-62(65)68-59(56-66-60(63)53-49-45-41-37-16-14-12-10-8-6-2)57-67-61(64)54-50-46-42-38-34-31-28-25-23-22-24-27-30-33-36-40-44-48-52-58(3)4/h58-59H,5-57H2,1-4H3/t59-/m1/s1. The Morgan fingerprint density at radius 2 is 0.485 bits per heavy atom. The molecule has 404 valence electrons. The van der Waals surface area contributed by atoms with E-state index in [9.17, 15) is 14.4 Å². The molecule has 0 aliphatic heterocycles. The number of hydrogen-bond acceptors (Lipinski definition) is 6. The first-order chi connectivity index (χ1) is 33.4. The van der Waals surface area contributed by atoms with Gasteiger partial charge in [0.25, 0.3) is 0 Å². The van der Waals surface area contributed by atoms with Crippen molar-refractivity contribution in [2.75, 3.05) is 13.2 Å². The zero-order valence-corrected chi connectivity index (χ0v) is 46.6. The number of carbonyl (C=O) groups excluding carboxylic acids is 3. The number of hydrogen-bond donors (Lipinski definition) is 0. The molecule has 0 bridgehead atoms. The van der Waals surface area contributed by atoms with Crippen LogP contribution in [0, 0.1) is 5.92 Å². The minimum absolute atomic E-state index is 0.0615. The maximum absolute atomic E-state index is 12.9. The van der Waals surface area contributed by atoms with Crippen molar-refractivity contribution in [1.29, 1.82) is 0 Å². The van der Waals surface area contributed by atoms with Gasteiger partial charge in [-0.15, -0.1) is 0 Å². The van der Waals surface area contributed by atoms with E-state index in [1.807, 2.05) is 0 Å². The number of rotatable bonds is 57. The lowest BCUT2D eigenvalue weighted by atomic mass is 10.0. The lowest BCUT2D eigenvalue weighted by molar-refractivity contribution is -0.167. The predicted molar refractivity (Wildman–Crippen MR) is 293 cm³/mol. The van der Waals surface area contributed by atoms with Gasteiger partial charge >= 0.3 is 17.9 Å². The molecular formula is C62H120O6. The second-order valence-electron chi connectivity index (χ2n) is 21.8. The highest BCUT2D eigenvalue weighted by molar-refractivity contribution is 5.71. The number of carbonyl (C=O) groups is 3. The normalized spacial score (nSPS) is 12.0. The van der Waals surface area contributed by atoms with Crippen LogP contribution in [0.5, 0.6) is 0 Å². The molecule has 0 N–H and O–H groups in total. The third-order valence-electron chi connectivity index (χ3n) is 14.3. The van der Waals surface area contributed by atoms with Crippen molar-refractivity contribution in [2.24, 2.45) is 5.92 Å². The summed E-state index contributed by atoms with van der Waals surface area (Å²) >= 11 is 0. The molecule has 0 rings (SSSR count). The summed E-state index contributed by atoms with van der Waals surface area (Å²) in [6.45, 7) is 9.08. The predicted octanol–water partition coefficient (Wildman–Crippen LogP) is 20.6. The molecule has 0 heterocycles. The summed E-state index contributed by atoms with van der Waals surface area (Å²) in [7, 11) is 0. The second-order valence-corrected chi connectivity index (χ2v) is 21.8. The Balaban J connectivity index is 4.19. The summed E-state index contributed by atoms with van der Waals surface area (Å²) in [6.07, 6.45) is 62.5. The van der Waals surface area contributed by atoms with Gasteiger partial charge in [0.05, 0.1) is 0 Å². The van der Waals surface area contributed by atoms with Crippen molar-refractivity contribution < 1.29 is 28.6 Å². The smallest absolute Gasteiger partial charge is 0.306 e. The molecule has 0 aliphatic rings. The van der Waals surface area contributed by atoms with Crippen LogP contribution in [0.3, 0.4) is 0 Å². The topological polar surface area (TPSA) is 78.9 Å². The Labute approximate surface area is 425 Å². The molecule has 1 atom stereocenters. The van der Waals surface area contributed by atoms with Gasteiger partial charge in [0.1, 0.15) is 13.2 Å². The van der Waals surface area contributed by atoms with Crippen LogP contribution in [0.4, 0.5) is 0 Å². The first-order valence-corrected chi connectivity index (χ1v) is 30.9. The number of esters is 3. The fraction of sp³-hybridized carbons (Fsp3) is 0.952. The lowest BCUT2D eigenvalue weighted by Gasteiger charge is -2.18. The fourth-order valence-electron chi connectivity index (χ4n) is 9.63. The highest BCUT2D eigenvalue weighted by Crippen LogP contribution is 2.18. The van der Waals surface area contributed by atoms with Crippen LogP contribution in [-0.4, -0.2) is 37.2 Å². The van der Waals surface area contributed by atoms with Gasteiger partial charge in [0.15, 0.2) is 6.10 Å². The van der Waals surface area contributed by atoms with E-state index in [0.29, 0.717) is 19.3 Å². The molecule has 0 radical (unpaired) electrons. The van der Waals surface area contributed by atoms with Crippen LogP contribution in [0.25, 0.3) is 0 Å². The van der Waals surface area contributed by atoms with E-state index in [1.165, 1.54) is 250 Å². The van der Waals surface area contributed by atoms with E-state index in [2.05, 4.69) is 27.7 Å². The fourth-order valence-corrected chi connectivity index (χ4v) is 9.63. The van der Waals surface area contributed by atoms with E-state index in [1.54, 1.807) is 0 Å². The van der Waals surface area contributed by atoms with Gasteiger partial charge in [-0.2, -0.15) is 0 Å². The van der Waals surface area contributed by atoms with Gasteiger partial charge in [-0.1, -0.05) is 317 Å². The lowest BCUT2D eigenvalue weighted by Crippen LogP contribution is -2.30. The average Bonchev–Trinajstić information content (AvgIpc) is 3.32. The molecule has 6 heteroatoms. The van der Waals surface area contributed by atoms with Crippen LogP contribution >= 0.6 is 0 Å². The monoisotopic (exact) mass is 961 g/mol. The van der Waals surface area contributed by atoms with Crippen LogP contribution in [0.1, 0.15) is 355 Å². The zero-order valence-electron chi connectivity index (χ0n) is 46.6. The molecule has 0 saturated heterocycles. The van der Waals surface area contributed by atoms with E-state index in [-0.39, 0.29) is 31.1 Å². The van der Waals surface area contributed by atoms with E-state index in [4.69, 9.17) is 14.2 Å². The Hall–Kier alpha value is -1.59. The SMILES string of the molecule is CCCCCCCCCCCCCCCCCCCCCC(=O)O[C@H](COC(=O)CCCCCCCCCCCC)COC(=O)CCCCCCCCCCCCCCCCCCCCC(C)C. The summed E-state index contributed by atoms with van der Waals surface area (Å²) in [5.74, 6) is 0.0261. The van der Waals surface area contributed by atoms with E-state index < -0.39 is 6.10 Å². The minimum atomic E-state index is -0.762. The van der Waals surface area contributed by atoms with Gasteiger partial charge in [-0.25, -0.2) is 0 Å². The van der Waals surface area contributed by atoms with Gasteiger partial charge in [-0.05, 0) is 25.2 Å². The van der Waals surface area contributed by atoms with Crippen LogP contribution in [-0.2, 0) is 28.6 Å². The van der Waals surface area contributed by atoms with Crippen molar-refractivity contribution in [2.45, 2.75) is 361 Å². The first kappa shape index (κ1) is 66.4. The molecule has 0 saturated carbocycles. The minimum Gasteiger partial charge on any atom is -0.462 e. The third kappa shape index (κ3) is 55.3. The third-order valence-corrected chi connectivity index (χ3v) is 14.3. The quantitative estimate of drug-likeness (QED) is 0.0343. The summed E-state index contributed by atoms with van der Waals surface area (Å²) in [5.41, 5.74) is 0. The molecule has 68 heavy (non-hydrogen) atoms. The molecule has 0 aliphatic carbocycles. The van der Waals surface area contributed by atoms with Crippen molar-refractivity contribution in [3.8, 4) is 0 Å². The number of ether oxygens (including phenoxy) is 3. The van der Waals surface area contributed by atoms with E-state index >= 15 is 0 Å². The van der Waals surface area contributed by atoms with Gasteiger partial charge < -0.3 is 14.2 Å². The molecule has 0 spiro atoms. The summed E-state index contributed by atoms with van der Waals surface area (Å²) in [4.78, 5) is 38.2. The molecule has 0 aromatic carbocycles. The highest BCUT2D eigenvalue weighted by Gasteiger charge is 2.19. The highest BCUT2D eigenvalue weighted by atomic mass is 16.6. The summed E-state index contributed by atoms with van der Waals surface area (Å²) < 4.78 is 16.9. The molecule has 6 nitrogen and oxygen atoms in total. The summed E-state index contributed by atoms with van der Waals surface area (Å²) in [5, 5.41) is 0. The van der Waals surface area contributed by atoms with Gasteiger partial charge in [-0.3, -0.25) is 14.4 Å². The zero-order chi connectivity index (χ0) is 49.5. The molecule has 0 aromatic heterocycles. The van der Waals surface area contributed by atoms with Crippen LogP contribution in [0.2, 0.25) is 0 Å². The molecule has 0 aromatic rings. The van der Waals surface area contributed by atoms with Gasteiger partial charge in [0, 0.05) is 19.3 Å². The molecule has 0 unspecified atom stereocenters. The first-order valence-electron chi connectivity index (χ1n) is 30.9. The van der Waals surface area contributed by atoms with Crippen LogP contribution in [0.15, 0.2) is 0 Å². The Bertz CT molecular complexity index is 1030. The van der Waals surface area contributed by atoms with Crippen molar-refractivity contribution in [1.82, 2.24) is 0 Å². The molecule has 0 fully saturated rings. The molecular weight excluding hydrogens is 841 g/mol. The summed E-state index contributed by atoms with van der Waals surface area (Å²) in [6, 6.07) is 0. The number of unbranched alkanes of at least 4 members (excludes halogenated alkanes) is 44. The largest absolute Gasteiger partial charge is 0.462 e. The Morgan fingerprint density at radius 3 is 0.721 bits per heavy atom. The maximum Gasteiger partial charge on any atom is 0.306 e. The van der Waals surface area contributed by atoms with Crippen molar-refractivity contribution in [3.63, 3.8) is 0 Å². The maximum atomic E-state index is 12.9. The van der Waals surface area contributed by atoms with Crippen LogP contribution < -0.4 is 0 Å². The van der Waals surface area contributed by atoms with E-state index in [0.717, 1.165) is 63.7 Å². The van der Waals surface area contributed by atoms with Crippen molar-refractivity contribution in [3.05, 3.63) is 0 Å². The van der Waals surface area contributed by atoms with Gasteiger partial charge in [0.2, 0.25) is 0 Å². The second kappa shape index (κ2) is 56.3. The molecule has 0 amide bonds. The Morgan fingerprint density at radius 1 is 0.279 bits per heavy atom. The average molecular weight is 962 g/mol. The van der Waals surface area contributed by atoms with Crippen molar-refractivity contribution >= 4 is 17.9 Å². The Kier molecular flexibility index (Phi) is 55.0.